The van der Waals surface area contributed by atoms with Gasteiger partial charge in [0, 0.05) is 12.1 Å². The van der Waals surface area contributed by atoms with Crippen molar-refractivity contribution in [2.75, 3.05) is 13.2 Å². The van der Waals surface area contributed by atoms with Crippen molar-refractivity contribution in [3.63, 3.8) is 0 Å². The van der Waals surface area contributed by atoms with E-state index in [0.717, 1.165) is 38.8 Å². The number of phenols is 1. The summed E-state index contributed by atoms with van der Waals surface area (Å²) in [5, 5.41) is 12.7. The molecular formula is C26H29NO2. The van der Waals surface area contributed by atoms with E-state index < -0.39 is 0 Å². The number of nitrogens with zero attached hydrogens (tertiary/aromatic N) is 1. The Kier molecular flexibility index (Phi) is 5.03. The first-order valence-electron chi connectivity index (χ1n) is 10.9. The van der Waals surface area contributed by atoms with Crippen LogP contribution >= 0.6 is 0 Å². The molecule has 1 fully saturated rings. The van der Waals surface area contributed by atoms with Crippen LogP contribution in [0.2, 0.25) is 0 Å². The number of rotatable bonds is 4. The van der Waals surface area contributed by atoms with Crippen molar-refractivity contribution < 1.29 is 9.84 Å². The Bertz CT molecular complexity index is 1010. The van der Waals surface area contributed by atoms with Crippen LogP contribution in [0.5, 0.6) is 5.75 Å². The number of aryl methyl sites for hydroxylation is 1. The third-order valence-corrected chi connectivity index (χ3v) is 6.68. The Hall–Kier alpha value is -2.36. The Morgan fingerprint density at radius 2 is 1.93 bits per heavy atom. The zero-order valence-corrected chi connectivity index (χ0v) is 17.1. The molecule has 0 saturated carbocycles. The number of morpholine rings is 1. The molecule has 3 aromatic carbocycles. The quantitative estimate of drug-likeness (QED) is 0.663. The highest BCUT2D eigenvalue weighted by molar-refractivity contribution is 5.85. The van der Waals surface area contributed by atoms with Crippen LogP contribution in [0.3, 0.4) is 0 Å². The summed E-state index contributed by atoms with van der Waals surface area (Å²) < 4.78 is 6.48. The van der Waals surface area contributed by atoms with E-state index >= 15 is 0 Å². The summed E-state index contributed by atoms with van der Waals surface area (Å²) in [7, 11) is 0. The van der Waals surface area contributed by atoms with Gasteiger partial charge in [-0.15, -0.1) is 0 Å². The normalized spacial score (nSPS) is 24.2. The van der Waals surface area contributed by atoms with Crippen molar-refractivity contribution >= 4 is 10.8 Å². The zero-order chi connectivity index (χ0) is 19.8. The molecule has 0 radical (unpaired) electrons. The lowest BCUT2D eigenvalue weighted by Crippen LogP contribution is -2.55. The van der Waals surface area contributed by atoms with Crippen LogP contribution in [0.4, 0.5) is 0 Å². The minimum Gasteiger partial charge on any atom is -0.508 e. The standard InChI is InChI=1S/C26H29NO2/c1-2-14-27-21(15-20-8-5-7-18-6-3-4-9-23(18)20)17-29-26-24-16-22(28)12-10-19(24)11-13-25(26)27/h3-10,12,16,21,25-26,28H,2,11,13-15,17H2,1H3/t21?,25-,26-/m1/s1. The first-order chi connectivity index (χ1) is 14.2. The van der Waals surface area contributed by atoms with E-state index in [0.29, 0.717) is 17.8 Å². The van der Waals surface area contributed by atoms with Crippen LogP contribution in [0, 0.1) is 0 Å². The summed E-state index contributed by atoms with van der Waals surface area (Å²) in [6.45, 7) is 4.09. The van der Waals surface area contributed by atoms with Gasteiger partial charge in [0.2, 0.25) is 0 Å². The van der Waals surface area contributed by atoms with Crippen LogP contribution in [-0.2, 0) is 17.6 Å². The molecule has 1 aliphatic heterocycles. The number of hydrogen-bond acceptors (Lipinski definition) is 3. The summed E-state index contributed by atoms with van der Waals surface area (Å²) in [6.07, 6.45) is 4.40. The van der Waals surface area contributed by atoms with Crippen LogP contribution < -0.4 is 0 Å². The van der Waals surface area contributed by atoms with E-state index in [-0.39, 0.29) is 6.10 Å². The van der Waals surface area contributed by atoms with Crippen LogP contribution in [-0.4, -0.2) is 35.2 Å². The Morgan fingerprint density at radius 1 is 1.07 bits per heavy atom. The van der Waals surface area contributed by atoms with Gasteiger partial charge >= 0.3 is 0 Å². The lowest BCUT2D eigenvalue weighted by Gasteiger charge is -2.49. The fourth-order valence-corrected chi connectivity index (χ4v) is 5.37. The molecular weight excluding hydrogens is 358 g/mol. The van der Waals surface area contributed by atoms with E-state index in [9.17, 15) is 5.11 Å². The van der Waals surface area contributed by atoms with Crippen molar-refractivity contribution in [1.29, 1.82) is 0 Å². The predicted octanol–water partition coefficient (Wildman–Crippen LogP) is 5.25. The summed E-state index contributed by atoms with van der Waals surface area (Å²) in [5.41, 5.74) is 3.92. The maximum atomic E-state index is 10.0. The zero-order valence-electron chi connectivity index (χ0n) is 17.1. The summed E-state index contributed by atoms with van der Waals surface area (Å²) in [5.74, 6) is 0.341. The Labute approximate surface area is 172 Å². The third-order valence-electron chi connectivity index (χ3n) is 6.68. The van der Waals surface area contributed by atoms with Crippen LogP contribution in [0.15, 0.2) is 60.7 Å². The van der Waals surface area contributed by atoms with E-state index in [1.807, 2.05) is 6.07 Å². The van der Waals surface area contributed by atoms with Gasteiger partial charge in [-0.3, -0.25) is 4.90 Å². The molecule has 1 saturated heterocycles. The van der Waals surface area contributed by atoms with E-state index in [1.54, 1.807) is 6.07 Å². The Balaban J connectivity index is 1.45. The summed E-state index contributed by atoms with van der Waals surface area (Å²) in [6, 6.07) is 21.9. The second-order valence-electron chi connectivity index (χ2n) is 8.48. The number of ether oxygens (including phenoxy) is 1. The third kappa shape index (κ3) is 3.43. The molecule has 2 aliphatic rings. The number of hydrogen-bond donors (Lipinski definition) is 1. The average molecular weight is 388 g/mol. The van der Waals surface area contributed by atoms with Crippen molar-refractivity contribution in [3.8, 4) is 5.75 Å². The van der Waals surface area contributed by atoms with Crippen LogP contribution in [0.25, 0.3) is 10.8 Å². The molecule has 3 nitrogen and oxygen atoms in total. The molecule has 3 aromatic rings. The number of fused-ring (bicyclic) bond motifs is 4. The minimum absolute atomic E-state index is 0.0705. The van der Waals surface area contributed by atoms with Gasteiger partial charge in [-0.2, -0.15) is 0 Å². The highest BCUT2D eigenvalue weighted by Crippen LogP contribution is 2.41. The van der Waals surface area contributed by atoms with Gasteiger partial charge in [0.05, 0.1) is 12.7 Å². The molecule has 0 amide bonds. The van der Waals surface area contributed by atoms with Crippen LogP contribution in [0.1, 0.15) is 42.6 Å². The van der Waals surface area contributed by atoms with Gasteiger partial charge in [0.15, 0.2) is 0 Å². The molecule has 1 N–H and O–H groups in total. The van der Waals surface area contributed by atoms with Gasteiger partial charge in [-0.05, 0) is 71.8 Å². The number of aromatic hydroxyl groups is 1. The van der Waals surface area contributed by atoms with Crippen molar-refractivity contribution in [2.45, 2.75) is 50.8 Å². The Morgan fingerprint density at radius 3 is 2.83 bits per heavy atom. The molecule has 29 heavy (non-hydrogen) atoms. The van der Waals surface area contributed by atoms with Gasteiger partial charge < -0.3 is 9.84 Å². The van der Waals surface area contributed by atoms with E-state index in [4.69, 9.17) is 4.74 Å². The molecule has 0 bridgehead atoms. The second-order valence-corrected chi connectivity index (χ2v) is 8.48. The van der Waals surface area contributed by atoms with Gasteiger partial charge in [-0.25, -0.2) is 0 Å². The predicted molar refractivity (Wildman–Crippen MR) is 117 cm³/mol. The highest BCUT2D eigenvalue weighted by Gasteiger charge is 2.41. The van der Waals surface area contributed by atoms with Gasteiger partial charge in [0.1, 0.15) is 5.75 Å². The molecule has 1 aliphatic carbocycles. The van der Waals surface area contributed by atoms with Gasteiger partial charge in [0.25, 0.3) is 0 Å². The maximum absolute atomic E-state index is 10.0. The average Bonchev–Trinajstić information content (AvgIpc) is 2.75. The summed E-state index contributed by atoms with van der Waals surface area (Å²) >= 11 is 0. The largest absolute Gasteiger partial charge is 0.508 e. The lowest BCUT2D eigenvalue weighted by atomic mass is 9.82. The number of benzene rings is 3. The maximum Gasteiger partial charge on any atom is 0.115 e. The highest BCUT2D eigenvalue weighted by atomic mass is 16.5. The summed E-state index contributed by atoms with van der Waals surface area (Å²) in [4.78, 5) is 2.70. The SMILES string of the molecule is CCCN1C(Cc2cccc3ccccc23)CO[C@@H]2c3cc(O)ccc3CC[C@H]21. The van der Waals surface area contributed by atoms with Crippen molar-refractivity contribution in [3.05, 3.63) is 77.4 Å². The molecule has 1 heterocycles. The van der Waals surface area contributed by atoms with E-state index in [2.05, 4.69) is 60.4 Å². The molecule has 0 aromatic heterocycles. The molecule has 0 spiro atoms. The van der Waals surface area contributed by atoms with Crippen molar-refractivity contribution in [1.82, 2.24) is 4.90 Å². The topological polar surface area (TPSA) is 32.7 Å². The van der Waals surface area contributed by atoms with E-state index in [1.165, 1.54) is 27.5 Å². The number of phenolic OH excluding ortho intramolecular Hbond substituents is 1. The fourth-order valence-electron chi connectivity index (χ4n) is 5.37. The smallest absolute Gasteiger partial charge is 0.115 e. The molecule has 1 unspecified atom stereocenters. The lowest BCUT2D eigenvalue weighted by molar-refractivity contribution is -0.112. The molecule has 150 valence electrons. The molecule has 3 atom stereocenters. The monoisotopic (exact) mass is 387 g/mol. The molecule has 3 heteroatoms. The van der Waals surface area contributed by atoms with Gasteiger partial charge in [-0.1, -0.05) is 55.5 Å². The first-order valence-corrected chi connectivity index (χ1v) is 10.9. The van der Waals surface area contributed by atoms with Crippen molar-refractivity contribution in [2.24, 2.45) is 0 Å². The fraction of sp³-hybridized carbons (Fsp3) is 0.385. The first kappa shape index (κ1) is 18.7. The minimum atomic E-state index is 0.0705. The second kappa shape index (κ2) is 7.81. The molecule has 5 rings (SSSR count).